The van der Waals surface area contributed by atoms with Crippen molar-refractivity contribution in [2.75, 3.05) is 13.7 Å². The quantitative estimate of drug-likeness (QED) is 0.490. The Labute approximate surface area is 200 Å². The molecular formula is C24H34BrNO5Si. The van der Waals surface area contributed by atoms with Crippen LogP contribution in [-0.4, -0.2) is 50.4 Å². The molecule has 3 unspecified atom stereocenters. The van der Waals surface area contributed by atoms with Crippen molar-refractivity contribution in [1.82, 2.24) is 4.98 Å². The van der Waals surface area contributed by atoms with Crippen LogP contribution in [0.15, 0.2) is 53.3 Å². The molecule has 0 amide bonds. The van der Waals surface area contributed by atoms with Gasteiger partial charge in [0.15, 0.2) is 8.32 Å². The molecule has 2 aromatic rings. The topological polar surface area (TPSA) is 70.0 Å². The molecule has 176 valence electrons. The number of benzene rings is 1. The summed E-state index contributed by atoms with van der Waals surface area (Å²) in [5, 5.41) is 11.7. The number of ether oxygens (including phenoxy) is 3. The van der Waals surface area contributed by atoms with Gasteiger partial charge in [0.05, 0.1) is 13.2 Å². The maximum atomic E-state index is 11.7. The van der Waals surface area contributed by atoms with E-state index in [0.717, 1.165) is 10.0 Å². The summed E-state index contributed by atoms with van der Waals surface area (Å²) in [5.74, 6) is -1.71. The Morgan fingerprint density at radius 2 is 1.88 bits per heavy atom. The minimum absolute atomic E-state index is 0.0151. The van der Waals surface area contributed by atoms with Gasteiger partial charge in [-0.3, -0.25) is 4.98 Å². The number of nitrogens with zero attached hydrogens (tertiary/aromatic N) is 1. The number of aliphatic hydroxyl groups is 1. The van der Waals surface area contributed by atoms with Crippen LogP contribution in [0.25, 0.3) is 0 Å². The lowest BCUT2D eigenvalue weighted by molar-refractivity contribution is -0.246. The van der Waals surface area contributed by atoms with Gasteiger partial charge in [0.1, 0.15) is 18.3 Å². The van der Waals surface area contributed by atoms with E-state index in [0.29, 0.717) is 12.2 Å². The second kappa shape index (κ2) is 10.0. The van der Waals surface area contributed by atoms with Crippen molar-refractivity contribution in [3.8, 4) is 0 Å². The van der Waals surface area contributed by atoms with Gasteiger partial charge in [-0.25, -0.2) is 0 Å². The highest BCUT2D eigenvalue weighted by Crippen LogP contribution is 2.45. The second-order valence-corrected chi connectivity index (χ2v) is 15.4. The van der Waals surface area contributed by atoms with Gasteiger partial charge >= 0.3 is 0 Å². The van der Waals surface area contributed by atoms with Gasteiger partial charge in [0.25, 0.3) is 0 Å². The average molecular weight is 525 g/mol. The highest BCUT2D eigenvalue weighted by Gasteiger charge is 2.58. The van der Waals surface area contributed by atoms with E-state index in [4.69, 9.17) is 18.6 Å². The molecule has 0 aliphatic carbocycles. The highest BCUT2D eigenvalue weighted by molar-refractivity contribution is 9.10. The van der Waals surface area contributed by atoms with E-state index in [-0.39, 0.29) is 11.6 Å². The largest absolute Gasteiger partial charge is 0.408 e. The summed E-state index contributed by atoms with van der Waals surface area (Å²) in [6, 6.07) is 11.8. The van der Waals surface area contributed by atoms with Crippen molar-refractivity contribution < 1.29 is 23.7 Å². The van der Waals surface area contributed by atoms with E-state index >= 15 is 0 Å². The molecule has 1 aliphatic heterocycles. The van der Waals surface area contributed by atoms with E-state index in [1.165, 1.54) is 0 Å². The van der Waals surface area contributed by atoms with Crippen molar-refractivity contribution in [1.29, 1.82) is 0 Å². The summed E-state index contributed by atoms with van der Waals surface area (Å²) in [6.45, 7) is 11.6. The third-order valence-corrected chi connectivity index (χ3v) is 11.3. The van der Waals surface area contributed by atoms with Gasteiger partial charge in [-0.2, -0.15) is 0 Å². The molecule has 2 heterocycles. The highest BCUT2D eigenvalue weighted by atomic mass is 79.9. The van der Waals surface area contributed by atoms with Crippen molar-refractivity contribution in [3.63, 3.8) is 0 Å². The van der Waals surface area contributed by atoms with E-state index in [1.54, 1.807) is 25.6 Å². The number of rotatable bonds is 8. The lowest BCUT2D eigenvalue weighted by Gasteiger charge is -2.40. The third-order valence-electron chi connectivity index (χ3n) is 6.38. The third kappa shape index (κ3) is 5.50. The molecule has 1 aromatic heterocycles. The van der Waals surface area contributed by atoms with Crippen LogP contribution in [-0.2, 0) is 31.0 Å². The fraction of sp³-hybridized carbons (Fsp3) is 0.542. The summed E-state index contributed by atoms with van der Waals surface area (Å²) in [5.41, 5.74) is 1.58. The number of hydrogen-bond acceptors (Lipinski definition) is 6. The molecule has 8 heteroatoms. The van der Waals surface area contributed by atoms with Crippen molar-refractivity contribution >= 4 is 24.2 Å². The first-order valence-electron chi connectivity index (χ1n) is 10.8. The molecule has 4 atom stereocenters. The molecular weight excluding hydrogens is 490 g/mol. The molecule has 0 bridgehead atoms. The Balaban J connectivity index is 1.88. The van der Waals surface area contributed by atoms with E-state index < -0.39 is 32.4 Å². The van der Waals surface area contributed by atoms with Crippen molar-refractivity contribution in [2.24, 2.45) is 0 Å². The summed E-state index contributed by atoms with van der Waals surface area (Å²) >= 11 is 3.43. The Morgan fingerprint density at radius 1 is 1.19 bits per heavy atom. The monoisotopic (exact) mass is 523 g/mol. The number of aromatic nitrogens is 1. The maximum absolute atomic E-state index is 11.7. The first-order valence-corrected chi connectivity index (χ1v) is 14.5. The van der Waals surface area contributed by atoms with Crippen LogP contribution in [0, 0.1) is 0 Å². The molecule has 32 heavy (non-hydrogen) atoms. The summed E-state index contributed by atoms with van der Waals surface area (Å²) in [4.78, 5) is 4.20. The lowest BCUT2D eigenvalue weighted by atomic mass is 9.99. The van der Waals surface area contributed by atoms with Crippen LogP contribution in [0.4, 0.5) is 0 Å². The van der Waals surface area contributed by atoms with Gasteiger partial charge in [-0.05, 0) is 45.7 Å². The summed E-state index contributed by atoms with van der Waals surface area (Å²) in [6.07, 6.45) is 1.50. The van der Waals surface area contributed by atoms with Gasteiger partial charge in [-0.1, -0.05) is 51.1 Å². The van der Waals surface area contributed by atoms with Crippen molar-refractivity contribution in [3.05, 3.63) is 64.4 Å². The number of methoxy groups -OCH3 is 1. The molecule has 3 rings (SSSR count). The van der Waals surface area contributed by atoms with Crippen LogP contribution in [0.1, 0.15) is 31.9 Å². The van der Waals surface area contributed by atoms with Gasteiger partial charge in [0.2, 0.25) is 5.79 Å². The summed E-state index contributed by atoms with van der Waals surface area (Å²) in [7, 11) is -0.630. The first-order chi connectivity index (χ1) is 15.0. The molecule has 6 nitrogen and oxygen atoms in total. The molecule has 1 N–H and O–H groups in total. The molecule has 1 aliphatic rings. The molecule has 1 saturated heterocycles. The SMILES string of the molecule is COC1C(O[Si](C)(C)C(C)(C)C)C(COCc2ccccc2)O[C@@]1(O)c1cncc(Br)c1. The predicted molar refractivity (Wildman–Crippen MR) is 130 cm³/mol. The Bertz CT molecular complexity index is 891. The minimum atomic E-state index is -2.20. The zero-order chi connectivity index (χ0) is 23.6. The molecule has 1 fully saturated rings. The van der Waals surface area contributed by atoms with Crippen LogP contribution in [0.3, 0.4) is 0 Å². The number of hydrogen-bond donors (Lipinski definition) is 1. The maximum Gasteiger partial charge on any atom is 0.224 e. The fourth-order valence-electron chi connectivity index (χ4n) is 3.57. The zero-order valence-corrected chi connectivity index (χ0v) is 22.3. The van der Waals surface area contributed by atoms with Gasteiger partial charge in [-0.15, -0.1) is 0 Å². The van der Waals surface area contributed by atoms with Crippen LogP contribution < -0.4 is 0 Å². The predicted octanol–water partition coefficient (Wildman–Crippen LogP) is 5.01. The van der Waals surface area contributed by atoms with E-state index in [2.05, 4.69) is 54.8 Å². The standard InChI is InChI=1S/C24H34BrNO5Si/c1-23(2,3)32(5,6)31-21-20(16-29-15-17-10-8-7-9-11-17)30-24(27,22(21)28-4)18-12-19(25)14-26-13-18/h7-14,20-22,27H,15-16H2,1-6H3/t20?,21?,22?,24-/m0/s1. The average Bonchev–Trinajstić information content (AvgIpc) is 2.99. The van der Waals surface area contributed by atoms with Crippen molar-refractivity contribution in [2.45, 2.75) is 69.6 Å². The number of pyridine rings is 1. The van der Waals surface area contributed by atoms with Crippen LogP contribution in [0.2, 0.25) is 18.1 Å². The second-order valence-electron chi connectivity index (χ2n) is 9.74. The summed E-state index contributed by atoms with van der Waals surface area (Å²) < 4.78 is 25.5. The van der Waals surface area contributed by atoms with E-state index in [1.807, 2.05) is 30.3 Å². The molecule has 0 spiro atoms. The molecule has 0 radical (unpaired) electrons. The minimum Gasteiger partial charge on any atom is -0.408 e. The lowest BCUT2D eigenvalue weighted by Crippen LogP contribution is -2.51. The molecule has 0 saturated carbocycles. The van der Waals surface area contributed by atoms with E-state index in [9.17, 15) is 5.11 Å². The Kier molecular flexibility index (Phi) is 7.97. The Hall–Kier alpha value is -1.13. The Morgan fingerprint density at radius 3 is 2.47 bits per heavy atom. The van der Waals surface area contributed by atoms with Crippen LogP contribution >= 0.6 is 15.9 Å². The van der Waals surface area contributed by atoms with Gasteiger partial charge < -0.3 is 23.7 Å². The zero-order valence-electron chi connectivity index (χ0n) is 19.7. The normalized spacial score (nSPS) is 26.4. The number of halogens is 1. The van der Waals surface area contributed by atoms with Crippen LogP contribution in [0.5, 0.6) is 0 Å². The smallest absolute Gasteiger partial charge is 0.224 e. The van der Waals surface area contributed by atoms with Gasteiger partial charge in [0, 0.05) is 29.5 Å². The fourth-order valence-corrected chi connectivity index (χ4v) is 5.24. The molecule has 1 aromatic carbocycles. The first kappa shape index (κ1) is 25.5.